The van der Waals surface area contributed by atoms with Crippen molar-refractivity contribution in [2.45, 2.75) is 30.4 Å². The van der Waals surface area contributed by atoms with Gasteiger partial charge in [0.05, 0.1) is 6.61 Å². The van der Waals surface area contributed by atoms with Crippen LogP contribution in [-0.4, -0.2) is 40.3 Å². The Morgan fingerprint density at radius 3 is 2.45 bits per heavy atom. The molecule has 0 radical (unpaired) electrons. The highest BCUT2D eigenvalue weighted by atomic mass is 35.5. The summed E-state index contributed by atoms with van der Waals surface area (Å²) in [6.45, 7) is 0.717. The summed E-state index contributed by atoms with van der Waals surface area (Å²) < 4.78 is 17.9. The molecule has 1 rings (SSSR count). The molecule has 0 saturated carbocycles. The fraction of sp³-hybridized carbons (Fsp3) is 1.00. The molecule has 1 heterocycles. The van der Waals surface area contributed by atoms with E-state index in [2.05, 4.69) is 0 Å². The monoisotopic (exact) mass is 184 g/mol. The van der Waals surface area contributed by atoms with Crippen molar-refractivity contribution in [2.75, 3.05) is 6.61 Å². The van der Waals surface area contributed by atoms with Gasteiger partial charge < -0.3 is 14.9 Å². The number of aliphatic hydroxyl groups is 2. The van der Waals surface area contributed by atoms with E-state index in [1.54, 1.807) is 0 Å². The van der Waals surface area contributed by atoms with E-state index >= 15 is 0 Å². The Kier molecular flexibility index (Phi) is 2.39. The van der Waals surface area contributed by atoms with Crippen molar-refractivity contribution in [3.63, 3.8) is 0 Å². The van der Waals surface area contributed by atoms with E-state index in [4.69, 9.17) is 26.6 Å². The number of rotatable bonds is 1. The van der Waals surface area contributed by atoms with Crippen LogP contribution < -0.4 is 0 Å². The fourth-order valence-corrected chi connectivity index (χ4v) is 1.26. The van der Waals surface area contributed by atoms with Gasteiger partial charge in [0, 0.05) is 0 Å². The number of ether oxygens (including phenoxy) is 1. The summed E-state index contributed by atoms with van der Waals surface area (Å²) in [5.74, 6) is 0. The second-order valence-corrected chi connectivity index (χ2v) is 3.17. The lowest BCUT2D eigenvalue weighted by molar-refractivity contribution is -0.0112. The maximum Gasteiger partial charge on any atom is 0.176 e. The molecule has 0 amide bonds. The lowest BCUT2D eigenvalue weighted by Crippen LogP contribution is -2.40. The van der Waals surface area contributed by atoms with Crippen LogP contribution in [0.5, 0.6) is 0 Å². The van der Waals surface area contributed by atoms with E-state index < -0.39 is 30.0 Å². The molecule has 66 valence electrons. The van der Waals surface area contributed by atoms with Gasteiger partial charge in [0.25, 0.3) is 0 Å². The summed E-state index contributed by atoms with van der Waals surface area (Å²) in [4.78, 5) is 0. The van der Waals surface area contributed by atoms with Crippen LogP contribution >= 0.6 is 11.6 Å². The molecule has 2 N–H and O–H groups in total. The van der Waals surface area contributed by atoms with Crippen LogP contribution in [0.1, 0.15) is 6.92 Å². The fourth-order valence-electron chi connectivity index (χ4n) is 1.00. The normalized spacial score (nSPS) is 51.5. The summed E-state index contributed by atoms with van der Waals surface area (Å²) >= 11 is 5.40. The van der Waals surface area contributed by atoms with Crippen molar-refractivity contribution in [3.8, 4) is 0 Å². The van der Waals surface area contributed by atoms with Crippen molar-refractivity contribution in [2.24, 2.45) is 0 Å². The van der Waals surface area contributed by atoms with Gasteiger partial charge in [0.2, 0.25) is 0 Å². The topological polar surface area (TPSA) is 49.7 Å². The minimum Gasteiger partial charge on any atom is -0.394 e. The van der Waals surface area contributed by atoms with Crippen molar-refractivity contribution < 1.29 is 19.3 Å². The highest BCUT2D eigenvalue weighted by Gasteiger charge is 2.52. The maximum atomic E-state index is 13.2. The van der Waals surface area contributed by atoms with E-state index in [9.17, 15) is 4.39 Å². The molecule has 0 spiro atoms. The first-order valence-electron chi connectivity index (χ1n) is 3.27. The molecule has 4 atom stereocenters. The maximum absolute atomic E-state index is 13.2. The van der Waals surface area contributed by atoms with E-state index in [-0.39, 0.29) is 0 Å². The molecule has 3 nitrogen and oxygen atoms in total. The first-order chi connectivity index (χ1) is 5.00. The molecule has 11 heavy (non-hydrogen) atoms. The zero-order chi connectivity index (χ0) is 8.65. The summed E-state index contributed by atoms with van der Waals surface area (Å²) in [6, 6.07) is 0. The lowest BCUT2D eigenvalue weighted by Gasteiger charge is -2.19. The number of hydrogen-bond donors (Lipinski definition) is 2. The molecule has 0 aromatic heterocycles. The second kappa shape index (κ2) is 2.86. The molecule has 1 aliphatic rings. The Hall–Kier alpha value is 0.1000. The number of aliphatic hydroxyl groups excluding tert-OH is 2. The average Bonchev–Trinajstić information content (AvgIpc) is 2.14. The molecule has 1 unspecified atom stereocenters. The van der Waals surface area contributed by atoms with Crippen LogP contribution in [0, 0.1) is 0 Å². The van der Waals surface area contributed by atoms with Gasteiger partial charge in [-0.25, -0.2) is 4.39 Å². The van der Waals surface area contributed by atoms with Crippen molar-refractivity contribution >= 4 is 11.6 Å². The highest BCUT2D eigenvalue weighted by molar-refractivity contribution is 6.20. The molecule has 1 saturated heterocycles. The first-order valence-corrected chi connectivity index (χ1v) is 3.71. The molecule has 1 fully saturated rings. The van der Waals surface area contributed by atoms with Gasteiger partial charge in [-0.2, -0.15) is 0 Å². The summed E-state index contributed by atoms with van der Waals surface area (Å²) in [5.41, 5.74) is -3.16. The molecule has 0 aromatic rings. The Morgan fingerprint density at radius 1 is 1.73 bits per heavy atom. The molecule has 0 aliphatic carbocycles. The Morgan fingerprint density at radius 2 is 2.27 bits per heavy atom. The van der Waals surface area contributed by atoms with Crippen LogP contribution in [0.3, 0.4) is 0 Å². The van der Waals surface area contributed by atoms with E-state index in [1.807, 2.05) is 0 Å². The first kappa shape index (κ1) is 9.19. The predicted octanol–water partition coefficient (Wildman–Crippen LogP) is 0.0315. The third kappa shape index (κ3) is 1.36. The highest BCUT2D eigenvalue weighted by Crippen LogP contribution is 2.36. The standard InChI is InChI=1S/C6H10ClFO3/c1-6(8)4(10)3(2-9)11-5(6)7/h3-5,9-10H,2H2,1H3/t3-,4-,5?,6-/m1/s1. The molecule has 5 heteroatoms. The third-order valence-corrected chi connectivity index (χ3v) is 2.38. The smallest absolute Gasteiger partial charge is 0.176 e. The second-order valence-electron chi connectivity index (χ2n) is 2.77. The Balaban J connectivity index is 2.71. The molecular formula is C6H10ClFO3. The lowest BCUT2D eigenvalue weighted by atomic mass is 10.0. The minimum atomic E-state index is -1.98. The largest absolute Gasteiger partial charge is 0.394 e. The number of alkyl halides is 2. The third-order valence-electron chi connectivity index (χ3n) is 1.85. The predicted molar refractivity (Wildman–Crippen MR) is 37.1 cm³/mol. The van der Waals surface area contributed by atoms with Gasteiger partial charge >= 0.3 is 0 Å². The van der Waals surface area contributed by atoms with Crippen molar-refractivity contribution in [1.29, 1.82) is 0 Å². The molecular weight excluding hydrogens is 175 g/mol. The van der Waals surface area contributed by atoms with Gasteiger partial charge in [-0.05, 0) is 6.92 Å². The Labute approximate surface area is 68.7 Å². The minimum absolute atomic E-state index is 0.427. The molecule has 0 bridgehead atoms. The quantitative estimate of drug-likeness (QED) is 0.566. The van der Waals surface area contributed by atoms with Crippen LogP contribution in [0.25, 0.3) is 0 Å². The molecule has 1 aliphatic heterocycles. The van der Waals surface area contributed by atoms with Gasteiger partial charge in [0.15, 0.2) is 11.2 Å². The van der Waals surface area contributed by atoms with Crippen molar-refractivity contribution in [3.05, 3.63) is 0 Å². The van der Waals surface area contributed by atoms with Crippen molar-refractivity contribution in [1.82, 2.24) is 0 Å². The van der Waals surface area contributed by atoms with Crippen LogP contribution in [0.2, 0.25) is 0 Å². The zero-order valence-electron chi connectivity index (χ0n) is 6.00. The van der Waals surface area contributed by atoms with Crippen LogP contribution in [-0.2, 0) is 4.74 Å². The SMILES string of the molecule is C[C@]1(F)C(Cl)O[C@H](CO)[C@H]1O. The average molecular weight is 185 g/mol. The zero-order valence-corrected chi connectivity index (χ0v) is 6.75. The van der Waals surface area contributed by atoms with Gasteiger partial charge in [-0.1, -0.05) is 11.6 Å². The van der Waals surface area contributed by atoms with E-state index in [0.29, 0.717) is 0 Å². The number of hydrogen-bond acceptors (Lipinski definition) is 3. The van der Waals surface area contributed by atoms with Gasteiger partial charge in [-0.15, -0.1) is 0 Å². The van der Waals surface area contributed by atoms with E-state index in [0.717, 1.165) is 6.92 Å². The Bertz CT molecular complexity index is 153. The van der Waals surface area contributed by atoms with Crippen LogP contribution in [0.4, 0.5) is 4.39 Å². The summed E-state index contributed by atoms with van der Waals surface area (Å²) in [6.07, 6.45) is -2.26. The van der Waals surface area contributed by atoms with Crippen LogP contribution in [0.15, 0.2) is 0 Å². The number of halogens is 2. The molecule has 0 aromatic carbocycles. The van der Waals surface area contributed by atoms with Gasteiger partial charge in [-0.3, -0.25) is 0 Å². The summed E-state index contributed by atoms with van der Waals surface area (Å²) in [5, 5.41) is 17.7. The summed E-state index contributed by atoms with van der Waals surface area (Å²) in [7, 11) is 0. The van der Waals surface area contributed by atoms with Gasteiger partial charge in [0.1, 0.15) is 12.2 Å². The van der Waals surface area contributed by atoms with E-state index in [1.165, 1.54) is 0 Å².